The Hall–Kier alpha value is -1.46. The lowest BCUT2D eigenvalue weighted by molar-refractivity contribution is 0.769. The molecule has 0 atom stereocenters. The van der Waals surface area contributed by atoms with Gasteiger partial charge in [-0.05, 0) is 49.9 Å². The minimum Gasteiger partial charge on any atom is -0.103 e. The largest absolute Gasteiger partial charge is 0.103 e. The molecular formula is C26H26S4. The number of thioether (sulfide) groups is 2. The Labute approximate surface area is 199 Å². The van der Waals surface area contributed by atoms with Crippen LogP contribution in [0.1, 0.15) is 49.9 Å². The van der Waals surface area contributed by atoms with Crippen molar-refractivity contribution < 1.29 is 0 Å². The van der Waals surface area contributed by atoms with E-state index >= 15 is 0 Å². The van der Waals surface area contributed by atoms with Gasteiger partial charge in [-0.2, -0.15) is 0 Å². The Morgan fingerprint density at radius 1 is 0.533 bits per heavy atom. The topological polar surface area (TPSA) is 0 Å². The standard InChI is InChI=1S/C26H26S4/c1-25(2,29-23(27)19-11-7-5-8-12-19)21-15-17-22(18-16-21)26(3,4)30-24(28)20-13-9-6-10-14-20/h5-18H,1-4H3. The van der Waals surface area contributed by atoms with Gasteiger partial charge < -0.3 is 0 Å². The van der Waals surface area contributed by atoms with Gasteiger partial charge in [0.1, 0.15) is 0 Å². The van der Waals surface area contributed by atoms with Crippen LogP contribution < -0.4 is 0 Å². The van der Waals surface area contributed by atoms with E-state index in [1.54, 1.807) is 23.5 Å². The molecule has 4 heteroatoms. The van der Waals surface area contributed by atoms with Crippen LogP contribution >= 0.6 is 48.0 Å². The van der Waals surface area contributed by atoms with E-state index in [4.69, 9.17) is 24.4 Å². The van der Waals surface area contributed by atoms with Crippen molar-refractivity contribution in [1.29, 1.82) is 0 Å². The van der Waals surface area contributed by atoms with Gasteiger partial charge in [-0.3, -0.25) is 0 Å². The van der Waals surface area contributed by atoms with E-state index in [2.05, 4.69) is 76.2 Å². The summed E-state index contributed by atoms with van der Waals surface area (Å²) in [5, 5.41) is 0. The first-order valence-corrected chi connectivity index (χ1v) is 12.3. The molecule has 0 aromatic heterocycles. The minimum absolute atomic E-state index is 0.109. The quantitative estimate of drug-likeness (QED) is 0.334. The van der Waals surface area contributed by atoms with Crippen molar-refractivity contribution in [3.63, 3.8) is 0 Å². The molecule has 0 aliphatic carbocycles. The maximum absolute atomic E-state index is 5.69. The van der Waals surface area contributed by atoms with Crippen LogP contribution in [0.25, 0.3) is 0 Å². The lowest BCUT2D eigenvalue weighted by atomic mass is 9.96. The van der Waals surface area contributed by atoms with Gasteiger partial charge in [0.15, 0.2) is 0 Å². The van der Waals surface area contributed by atoms with Crippen molar-refractivity contribution in [2.45, 2.75) is 37.2 Å². The van der Waals surface area contributed by atoms with Gasteiger partial charge in [0.05, 0.1) is 8.39 Å². The van der Waals surface area contributed by atoms with Gasteiger partial charge in [-0.15, -0.1) is 23.5 Å². The average Bonchev–Trinajstić information content (AvgIpc) is 2.74. The first-order valence-electron chi connectivity index (χ1n) is 9.87. The first kappa shape index (κ1) is 23.2. The molecule has 3 rings (SSSR count). The highest BCUT2D eigenvalue weighted by atomic mass is 32.2. The fourth-order valence-electron chi connectivity index (χ4n) is 3.12. The molecule has 0 spiro atoms. The van der Waals surface area contributed by atoms with Crippen LogP contribution in [0.4, 0.5) is 0 Å². The Morgan fingerprint density at radius 2 is 0.833 bits per heavy atom. The van der Waals surface area contributed by atoms with Crippen molar-refractivity contribution >= 4 is 56.4 Å². The molecule has 0 aliphatic heterocycles. The Balaban J connectivity index is 1.72. The van der Waals surface area contributed by atoms with Crippen LogP contribution in [-0.2, 0) is 9.49 Å². The third kappa shape index (κ3) is 5.82. The molecule has 0 amide bonds. The second kappa shape index (κ2) is 9.78. The average molecular weight is 467 g/mol. The van der Waals surface area contributed by atoms with E-state index < -0.39 is 0 Å². The van der Waals surface area contributed by atoms with Gasteiger partial charge in [0, 0.05) is 9.49 Å². The maximum atomic E-state index is 5.69. The lowest BCUT2D eigenvalue weighted by Gasteiger charge is -2.28. The van der Waals surface area contributed by atoms with Crippen molar-refractivity contribution in [2.75, 3.05) is 0 Å². The molecular weight excluding hydrogens is 441 g/mol. The summed E-state index contributed by atoms with van der Waals surface area (Å²) in [7, 11) is 0. The third-order valence-electron chi connectivity index (χ3n) is 4.99. The van der Waals surface area contributed by atoms with Gasteiger partial charge >= 0.3 is 0 Å². The normalized spacial score (nSPS) is 11.9. The van der Waals surface area contributed by atoms with Crippen molar-refractivity contribution in [1.82, 2.24) is 0 Å². The zero-order valence-electron chi connectivity index (χ0n) is 17.7. The zero-order chi connectivity index (χ0) is 21.8. The summed E-state index contributed by atoms with van der Waals surface area (Å²) in [5.74, 6) is 0. The minimum atomic E-state index is -0.109. The molecule has 0 radical (unpaired) electrons. The summed E-state index contributed by atoms with van der Waals surface area (Å²) >= 11 is 14.9. The van der Waals surface area contributed by atoms with E-state index in [9.17, 15) is 0 Å². The van der Waals surface area contributed by atoms with Gasteiger partial charge in [0.25, 0.3) is 0 Å². The van der Waals surface area contributed by atoms with Crippen molar-refractivity contribution in [2.24, 2.45) is 0 Å². The zero-order valence-corrected chi connectivity index (χ0v) is 21.0. The summed E-state index contributed by atoms with van der Waals surface area (Å²) in [6.07, 6.45) is 0. The molecule has 0 N–H and O–H groups in total. The molecule has 0 fully saturated rings. The fourth-order valence-corrected chi connectivity index (χ4v) is 6.59. The summed E-state index contributed by atoms with van der Waals surface area (Å²) < 4.78 is 1.63. The van der Waals surface area contributed by atoms with Gasteiger partial charge in [-0.1, -0.05) is 109 Å². The SMILES string of the molecule is CC(C)(SC(=S)c1ccccc1)c1ccc(C(C)(C)SC(=S)c2ccccc2)cc1. The van der Waals surface area contributed by atoms with E-state index in [1.807, 2.05) is 36.4 Å². The van der Waals surface area contributed by atoms with Gasteiger partial charge in [-0.25, -0.2) is 0 Å². The van der Waals surface area contributed by atoms with E-state index in [0.717, 1.165) is 19.5 Å². The van der Waals surface area contributed by atoms with Crippen LogP contribution in [0.2, 0.25) is 0 Å². The molecule has 0 saturated heterocycles. The molecule has 3 aromatic carbocycles. The molecule has 0 nitrogen and oxygen atoms in total. The highest BCUT2D eigenvalue weighted by Crippen LogP contribution is 2.41. The van der Waals surface area contributed by atoms with Crippen molar-refractivity contribution in [3.05, 3.63) is 107 Å². The molecule has 3 aromatic rings. The van der Waals surface area contributed by atoms with Crippen LogP contribution in [0, 0.1) is 0 Å². The van der Waals surface area contributed by atoms with E-state index in [1.165, 1.54) is 11.1 Å². The Bertz CT molecular complexity index is 919. The Morgan fingerprint density at radius 3 is 1.13 bits per heavy atom. The first-order chi connectivity index (χ1) is 14.2. The molecule has 154 valence electrons. The highest BCUT2D eigenvalue weighted by molar-refractivity contribution is 8.24. The van der Waals surface area contributed by atoms with Crippen LogP contribution in [0.15, 0.2) is 84.9 Å². The highest BCUT2D eigenvalue weighted by Gasteiger charge is 2.27. The van der Waals surface area contributed by atoms with E-state index in [0.29, 0.717) is 0 Å². The summed E-state index contributed by atoms with van der Waals surface area (Å²) in [6.45, 7) is 8.91. The number of rotatable bonds is 6. The van der Waals surface area contributed by atoms with Gasteiger partial charge in [0.2, 0.25) is 0 Å². The molecule has 0 bridgehead atoms. The number of hydrogen-bond acceptors (Lipinski definition) is 4. The number of thiocarbonyl (C=S) groups is 2. The van der Waals surface area contributed by atoms with Crippen LogP contribution in [-0.4, -0.2) is 8.39 Å². The molecule has 0 saturated carbocycles. The predicted octanol–water partition coefficient (Wildman–Crippen LogP) is 8.37. The third-order valence-corrected chi connectivity index (χ3v) is 8.30. The second-order valence-corrected chi connectivity index (χ2v) is 12.7. The molecule has 30 heavy (non-hydrogen) atoms. The lowest BCUT2D eigenvalue weighted by Crippen LogP contribution is -2.17. The van der Waals surface area contributed by atoms with Crippen LogP contribution in [0.3, 0.4) is 0 Å². The Kier molecular flexibility index (Phi) is 7.56. The molecule has 0 unspecified atom stereocenters. The van der Waals surface area contributed by atoms with E-state index in [-0.39, 0.29) is 9.49 Å². The smallest absolute Gasteiger partial charge is 0.0786 e. The number of benzene rings is 3. The number of hydrogen-bond donors (Lipinski definition) is 0. The van der Waals surface area contributed by atoms with Crippen LogP contribution in [0.5, 0.6) is 0 Å². The fraction of sp³-hybridized carbons (Fsp3) is 0.231. The van der Waals surface area contributed by atoms with Crippen molar-refractivity contribution in [3.8, 4) is 0 Å². The summed E-state index contributed by atoms with van der Waals surface area (Å²) in [5.41, 5.74) is 4.74. The molecule has 0 heterocycles. The summed E-state index contributed by atoms with van der Waals surface area (Å²) in [4.78, 5) is 0. The maximum Gasteiger partial charge on any atom is 0.0786 e. The second-order valence-electron chi connectivity index (χ2n) is 8.11. The monoisotopic (exact) mass is 466 g/mol. The predicted molar refractivity (Wildman–Crippen MR) is 144 cm³/mol. The summed E-state index contributed by atoms with van der Waals surface area (Å²) in [6, 6.07) is 29.4. The molecule has 0 aliphatic rings.